The van der Waals surface area contributed by atoms with E-state index < -0.39 is 18.0 Å². The molecule has 12 heteroatoms. The van der Waals surface area contributed by atoms with Crippen LogP contribution in [0.3, 0.4) is 0 Å². The molecule has 9 nitrogen and oxygen atoms in total. The standard InChI is InChI=1S/C29H26ClF2N7O2/c30-19-13-22(26(27(31)32)35-15-19)28(40)36-20-7-5-18(6-8-20)16-38-23-3-1-2-4-24(23)39(29(38)41)25-14-21(9-10-34-25)37-12-11-33-17-37/h1-4,9-15,17-18,20,27H,5-8,16H2,(H,36,40). The van der Waals surface area contributed by atoms with Gasteiger partial charge in [-0.15, -0.1) is 0 Å². The summed E-state index contributed by atoms with van der Waals surface area (Å²) >= 11 is 5.91. The van der Waals surface area contributed by atoms with Gasteiger partial charge in [-0.1, -0.05) is 23.7 Å². The smallest absolute Gasteiger partial charge is 0.334 e. The molecule has 0 spiro atoms. The van der Waals surface area contributed by atoms with Crippen molar-refractivity contribution in [3.63, 3.8) is 0 Å². The number of pyridine rings is 2. The molecule has 0 bridgehead atoms. The van der Waals surface area contributed by atoms with E-state index in [4.69, 9.17) is 11.6 Å². The lowest BCUT2D eigenvalue weighted by Gasteiger charge is -2.29. The first-order valence-electron chi connectivity index (χ1n) is 13.3. The monoisotopic (exact) mass is 577 g/mol. The fraction of sp³-hybridized carbons (Fsp3) is 0.276. The number of benzene rings is 1. The zero-order valence-electron chi connectivity index (χ0n) is 21.8. The van der Waals surface area contributed by atoms with Crippen molar-refractivity contribution in [2.75, 3.05) is 0 Å². The molecule has 1 amide bonds. The Kier molecular flexibility index (Phi) is 7.36. The predicted octanol–water partition coefficient (Wildman–Crippen LogP) is 5.35. The van der Waals surface area contributed by atoms with E-state index in [1.54, 1.807) is 27.9 Å². The largest absolute Gasteiger partial charge is 0.349 e. The van der Waals surface area contributed by atoms with Gasteiger partial charge in [0.1, 0.15) is 11.5 Å². The number of amides is 1. The van der Waals surface area contributed by atoms with Gasteiger partial charge >= 0.3 is 5.69 Å². The second-order valence-electron chi connectivity index (χ2n) is 10.1. The third-order valence-corrected chi connectivity index (χ3v) is 7.76. The Hall–Kier alpha value is -4.38. The SMILES string of the molecule is O=C(NC1CCC(Cn2c(=O)n(-c3cc(-n4ccnc4)ccn3)c3ccccc32)CC1)c1cc(Cl)cnc1C(F)F. The summed E-state index contributed by atoms with van der Waals surface area (Å²) in [5.74, 6) is 0.111. The highest BCUT2D eigenvalue weighted by Crippen LogP contribution is 2.29. The molecule has 1 fully saturated rings. The molecule has 210 valence electrons. The maximum Gasteiger partial charge on any atom is 0.334 e. The molecule has 0 unspecified atom stereocenters. The number of carbonyl (C=O) groups excluding carboxylic acids is 1. The van der Waals surface area contributed by atoms with E-state index in [9.17, 15) is 18.4 Å². The minimum atomic E-state index is -2.88. The van der Waals surface area contributed by atoms with Crippen molar-refractivity contribution in [3.05, 3.63) is 100 Å². The van der Waals surface area contributed by atoms with Crippen LogP contribution < -0.4 is 11.0 Å². The minimum absolute atomic E-state index is 0.122. The number of fused-ring (bicyclic) bond motifs is 1. The Morgan fingerprint density at radius 2 is 1.83 bits per heavy atom. The number of aromatic nitrogens is 6. The lowest BCUT2D eigenvalue weighted by Crippen LogP contribution is -2.39. The van der Waals surface area contributed by atoms with E-state index in [0.717, 1.165) is 35.8 Å². The van der Waals surface area contributed by atoms with Crippen LogP contribution in [0, 0.1) is 5.92 Å². The summed E-state index contributed by atoms with van der Waals surface area (Å²) in [4.78, 5) is 38.8. The van der Waals surface area contributed by atoms with E-state index in [1.165, 1.54) is 6.07 Å². The zero-order chi connectivity index (χ0) is 28.5. The molecule has 1 aromatic carbocycles. The first kappa shape index (κ1) is 26.8. The average Bonchev–Trinajstić information content (AvgIpc) is 3.61. The fourth-order valence-electron chi connectivity index (χ4n) is 5.52. The highest BCUT2D eigenvalue weighted by atomic mass is 35.5. The van der Waals surface area contributed by atoms with Crippen LogP contribution in [-0.2, 0) is 6.54 Å². The zero-order valence-corrected chi connectivity index (χ0v) is 22.6. The number of nitrogens with zero attached hydrogens (tertiary/aromatic N) is 6. The van der Waals surface area contributed by atoms with Crippen molar-refractivity contribution < 1.29 is 13.6 Å². The summed E-state index contributed by atoms with van der Waals surface area (Å²) < 4.78 is 32.0. The molecule has 4 heterocycles. The Bertz CT molecular complexity index is 1760. The van der Waals surface area contributed by atoms with Crippen LogP contribution in [0.2, 0.25) is 5.02 Å². The summed E-state index contributed by atoms with van der Waals surface area (Å²) in [5.41, 5.74) is 1.45. The molecule has 1 aliphatic rings. The van der Waals surface area contributed by atoms with Crippen LogP contribution in [0.25, 0.3) is 22.5 Å². The van der Waals surface area contributed by atoms with Gasteiger partial charge in [0.05, 0.1) is 33.6 Å². The Morgan fingerprint density at radius 1 is 1.05 bits per heavy atom. The number of para-hydroxylation sites is 2. The first-order valence-corrected chi connectivity index (χ1v) is 13.7. The van der Waals surface area contributed by atoms with Crippen LogP contribution in [-0.4, -0.2) is 40.6 Å². The number of imidazole rings is 2. The van der Waals surface area contributed by atoms with Gasteiger partial charge in [0.15, 0.2) is 0 Å². The van der Waals surface area contributed by atoms with Crippen molar-refractivity contribution in [1.82, 2.24) is 34.0 Å². The average molecular weight is 578 g/mol. The van der Waals surface area contributed by atoms with Gasteiger partial charge in [0.25, 0.3) is 12.3 Å². The summed E-state index contributed by atoms with van der Waals surface area (Å²) in [7, 11) is 0. The molecule has 41 heavy (non-hydrogen) atoms. The van der Waals surface area contributed by atoms with Crippen molar-refractivity contribution in [1.29, 1.82) is 0 Å². The quantitative estimate of drug-likeness (QED) is 0.281. The van der Waals surface area contributed by atoms with Gasteiger partial charge in [0.2, 0.25) is 0 Å². The fourth-order valence-corrected chi connectivity index (χ4v) is 5.68. The van der Waals surface area contributed by atoms with Crippen LogP contribution >= 0.6 is 11.6 Å². The van der Waals surface area contributed by atoms with Gasteiger partial charge in [-0.05, 0) is 55.9 Å². The van der Waals surface area contributed by atoms with E-state index in [-0.39, 0.29) is 28.2 Å². The third-order valence-electron chi connectivity index (χ3n) is 7.56. The number of carbonyl (C=O) groups is 1. The predicted molar refractivity (Wildman–Crippen MR) is 150 cm³/mol. The molecule has 1 aliphatic carbocycles. The van der Waals surface area contributed by atoms with Crippen molar-refractivity contribution >= 4 is 28.5 Å². The molecule has 0 saturated heterocycles. The summed E-state index contributed by atoms with van der Waals surface area (Å²) in [6.45, 7) is 0.516. The summed E-state index contributed by atoms with van der Waals surface area (Å²) in [5, 5.41) is 2.99. The molecule has 1 saturated carbocycles. The maximum absolute atomic E-state index is 13.8. The lowest BCUT2D eigenvalue weighted by atomic mass is 9.85. The highest BCUT2D eigenvalue weighted by Gasteiger charge is 2.27. The third kappa shape index (κ3) is 5.37. The maximum atomic E-state index is 13.8. The van der Waals surface area contributed by atoms with Gasteiger partial charge in [-0.2, -0.15) is 0 Å². The second-order valence-corrected chi connectivity index (χ2v) is 10.6. The number of nitrogens with one attached hydrogen (secondary N) is 1. The van der Waals surface area contributed by atoms with Crippen molar-refractivity contribution in [3.8, 4) is 11.5 Å². The van der Waals surface area contributed by atoms with Crippen LogP contribution in [0.4, 0.5) is 8.78 Å². The van der Waals surface area contributed by atoms with Crippen molar-refractivity contribution in [2.24, 2.45) is 5.92 Å². The highest BCUT2D eigenvalue weighted by molar-refractivity contribution is 6.30. The van der Waals surface area contributed by atoms with Gasteiger partial charge in [-0.3, -0.25) is 14.3 Å². The molecule has 6 rings (SSSR count). The Balaban J connectivity index is 1.19. The number of halogens is 3. The molecule has 4 aromatic heterocycles. The number of rotatable bonds is 7. The van der Waals surface area contributed by atoms with E-state index in [1.807, 2.05) is 47.2 Å². The van der Waals surface area contributed by atoms with E-state index in [0.29, 0.717) is 25.2 Å². The van der Waals surface area contributed by atoms with Crippen LogP contribution in [0.1, 0.15) is 48.2 Å². The van der Waals surface area contributed by atoms with E-state index in [2.05, 4.69) is 20.3 Å². The lowest BCUT2D eigenvalue weighted by molar-refractivity contribution is 0.0904. The number of hydrogen-bond acceptors (Lipinski definition) is 5. The molecular formula is C29H26ClF2N7O2. The van der Waals surface area contributed by atoms with Gasteiger partial charge < -0.3 is 9.88 Å². The summed E-state index contributed by atoms with van der Waals surface area (Å²) in [6.07, 6.45) is 7.95. The Labute approximate surface area is 238 Å². The van der Waals surface area contributed by atoms with Gasteiger partial charge in [-0.25, -0.2) is 28.1 Å². The topological polar surface area (TPSA) is 99.6 Å². The molecule has 0 atom stereocenters. The van der Waals surface area contributed by atoms with Crippen LogP contribution in [0.5, 0.6) is 0 Å². The van der Waals surface area contributed by atoms with Crippen LogP contribution in [0.15, 0.2) is 78.4 Å². The molecule has 1 N–H and O–H groups in total. The molecule has 5 aromatic rings. The van der Waals surface area contributed by atoms with Gasteiger partial charge in [0, 0.05) is 43.4 Å². The van der Waals surface area contributed by atoms with E-state index >= 15 is 0 Å². The number of alkyl halides is 2. The normalized spacial score (nSPS) is 17.3. The Morgan fingerprint density at radius 3 is 2.56 bits per heavy atom. The molecule has 0 aliphatic heterocycles. The molecule has 0 radical (unpaired) electrons. The summed E-state index contributed by atoms with van der Waals surface area (Å²) in [6, 6.07) is 12.4. The minimum Gasteiger partial charge on any atom is -0.349 e. The number of hydrogen-bond donors (Lipinski definition) is 1. The second kappa shape index (κ2) is 11.2. The van der Waals surface area contributed by atoms with Crippen molar-refractivity contribution in [2.45, 2.75) is 44.7 Å². The molecular weight excluding hydrogens is 552 g/mol. The first-order chi connectivity index (χ1) is 19.9.